The van der Waals surface area contributed by atoms with Gasteiger partial charge in [0.15, 0.2) is 0 Å². The molecule has 0 heterocycles. The summed E-state index contributed by atoms with van der Waals surface area (Å²) in [5, 5.41) is 12.1. The molecule has 1 rings (SSSR count). The second kappa shape index (κ2) is 6.40. The van der Waals surface area contributed by atoms with E-state index in [1.165, 1.54) is 12.8 Å². The summed E-state index contributed by atoms with van der Waals surface area (Å²) in [5.74, 6) is -1.27. The zero-order chi connectivity index (χ0) is 14.5. The molecular formula is C15H27NO3. The van der Waals surface area contributed by atoms with E-state index in [4.69, 9.17) is 0 Å². The van der Waals surface area contributed by atoms with Crippen LogP contribution < -0.4 is 5.32 Å². The number of rotatable bonds is 8. The zero-order valence-electron chi connectivity index (χ0n) is 12.4. The molecule has 0 bridgehead atoms. The Kier molecular flexibility index (Phi) is 5.39. The van der Waals surface area contributed by atoms with Crippen LogP contribution in [0.1, 0.15) is 65.7 Å². The topological polar surface area (TPSA) is 66.4 Å². The highest BCUT2D eigenvalue weighted by atomic mass is 16.4. The molecule has 0 spiro atoms. The molecule has 0 aromatic heterocycles. The molecular weight excluding hydrogens is 242 g/mol. The molecule has 1 amide bonds. The lowest BCUT2D eigenvalue weighted by atomic mass is 9.68. The summed E-state index contributed by atoms with van der Waals surface area (Å²) in [6.07, 6.45) is 6.39. The maximum Gasteiger partial charge on any atom is 0.319 e. The van der Waals surface area contributed by atoms with Crippen molar-refractivity contribution in [2.45, 2.75) is 65.7 Å². The summed E-state index contributed by atoms with van der Waals surface area (Å²) >= 11 is 0. The molecule has 0 aliphatic heterocycles. The Balaban J connectivity index is 2.42. The largest absolute Gasteiger partial charge is 0.480 e. The Labute approximate surface area is 116 Å². The first kappa shape index (κ1) is 16.0. The summed E-state index contributed by atoms with van der Waals surface area (Å²) in [7, 11) is 0. The average Bonchev–Trinajstić information content (AvgIpc) is 2.24. The van der Waals surface area contributed by atoms with Crippen molar-refractivity contribution in [1.29, 1.82) is 0 Å². The number of carboxylic acids is 1. The van der Waals surface area contributed by atoms with Crippen molar-refractivity contribution in [3.8, 4) is 0 Å². The highest BCUT2D eigenvalue weighted by molar-refractivity contribution is 6.02. The van der Waals surface area contributed by atoms with Crippen LogP contribution >= 0.6 is 0 Å². The Hall–Kier alpha value is -1.06. The molecule has 0 atom stereocenters. The monoisotopic (exact) mass is 269 g/mol. The van der Waals surface area contributed by atoms with Crippen LogP contribution in [0.5, 0.6) is 0 Å². The van der Waals surface area contributed by atoms with E-state index in [1.807, 2.05) is 0 Å². The van der Waals surface area contributed by atoms with Crippen LogP contribution in [0.3, 0.4) is 0 Å². The number of hydrogen-bond donors (Lipinski definition) is 2. The standard InChI is InChI=1S/C15H27NO3/c1-4-5-6-8-14(2,3)11-16-12(17)15(13(18)19)9-7-10-15/h4-11H2,1-3H3,(H,16,17)(H,18,19). The van der Waals surface area contributed by atoms with Gasteiger partial charge in [-0.05, 0) is 24.7 Å². The summed E-state index contributed by atoms with van der Waals surface area (Å²) < 4.78 is 0. The molecule has 0 unspecified atom stereocenters. The van der Waals surface area contributed by atoms with Crippen molar-refractivity contribution in [2.75, 3.05) is 6.54 Å². The Bertz CT molecular complexity index is 332. The summed E-state index contributed by atoms with van der Waals surface area (Å²) in [6, 6.07) is 0. The first-order valence-corrected chi connectivity index (χ1v) is 7.36. The van der Waals surface area contributed by atoms with Crippen molar-refractivity contribution < 1.29 is 14.7 Å². The van der Waals surface area contributed by atoms with Gasteiger partial charge in [-0.25, -0.2) is 0 Å². The molecule has 4 nitrogen and oxygen atoms in total. The lowest BCUT2D eigenvalue weighted by molar-refractivity contribution is -0.162. The number of carboxylic acid groups (broad SMARTS) is 1. The van der Waals surface area contributed by atoms with Crippen LogP contribution in [-0.2, 0) is 9.59 Å². The zero-order valence-corrected chi connectivity index (χ0v) is 12.4. The first-order chi connectivity index (χ1) is 8.84. The van der Waals surface area contributed by atoms with Gasteiger partial charge >= 0.3 is 5.97 Å². The average molecular weight is 269 g/mol. The lowest BCUT2D eigenvalue weighted by Crippen LogP contribution is -2.52. The fourth-order valence-electron chi connectivity index (χ4n) is 2.50. The number of carbonyl (C=O) groups excluding carboxylic acids is 1. The summed E-state index contributed by atoms with van der Waals surface area (Å²) in [4.78, 5) is 23.3. The van der Waals surface area contributed by atoms with Gasteiger partial charge in [0.1, 0.15) is 5.41 Å². The molecule has 4 heteroatoms. The minimum atomic E-state index is -1.14. The smallest absolute Gasteiger partial charge is 0.319 e. The van der Waals surface area contributed by atoms with E-state index >= 15 is 0 Å². The number of unbranched alkanes of at least 4 members (excludes halogenated alkanes) is 2. The molecule has 1 aliphatic carbocycles. The highest BCUT2D eigenvalue weighted by Crippen LogP contribution is 2.41. The van der Waals surface area contributed by atoms with Crippen LogP contribution in [0.2, 0.25) is 0 Å². The third-order valence-electron chi connectivity index (χ3n) is 4.24. The third-order valence-corrected chi connectivity index (χ3v) is 4.24. The van der Waals surface area contributed by atoms with Crippen LogP contribution in [0, 0.1) is 10.8 Å². The first-order valence-electron chi connectivity index (χ1n) is 7.36. The maximum absolute atomic E-state index is 12.1. The maximum atomic E-state index is 12.1. The fourth-order valence-corrected chi connectivity index (χ4v) is 2.50. The van der Waals surface area contributed by atoms with Crippen LogP contribution in [0.15, 0.2) is 0 Å². The van der Waals surface area contributed by atoms with Crippen LogP contribution in [0.4, 0.5) is 0 Å². The van der Waals surface area contributed by atoms with E-state index in [0.29, 0.717) is 19.4 Å². The number of nitrogens with one attached hydrogen (secondary N) is 1. The number of amides is 1. The van der Waals surface area contributed by atoms with Gasteiger partial charge in [-0.15, -0.1) is 0 Å². The van der Waals surface area contributed by atoms with E-state index in [9.17, 15) is 14.7 Å². The fraction of sp³-hybridized carbons (Fsp3) is 0.867. The lowest BCUT2D eigenvalue weighted by Gasteiger charge is -2.37. The molecule has 0 aromatic carbocycles. The molecule has 0 aromatic rings. The van der Waals surface area contributed by atoms with Gasteiger partial charge < -0.3 is 10.4 Å². The van der Waals surface area contributed by atoms with E-state index < -0.39 is 11.4 Å². The summed E-state index contributed by atoms with van der Waals surface area (Å²) in [5.41, 5.74) is -1.10. The predicted molar refractivity (Wildman–Crippen MR) is 74.9 cm³/mol. The van der Waals surface area contributed by atoms with Gasteiger partial charge in [-0.1, -0.05) is 46.5 Å². The van der Waals surface area contributed by atoms with E-state index in [2.05, 4.69) is 26.1 Å². The second-order valence-electron chi connectivity index (χ2n) is 6.54. The van der Waals surface area contributed by atoms with Gasteiger partial charge in [0.2, 0.25) is 5.91 Å². The minimum Gasteiger partial charge on any atom is -0.480 e. The van der Waals surface area contributed by atoms with Gasteiger partial charge in [0.25, 0.3) is 0 Å². The molecule has 2 N–H and O–H groups in total. The van der Waals surface area contributed by atoms with Crippen molar-refractivity contribution in [3.63, 3.8) is 0 Å². The molecule has 0 radical (unpaired) electrons. The molecule has 1 saturated carbocycles. The normalized spacial score (nSPS) is 17.6. The van der Waals surface area contributed by atoms with Gasteiger partial charge in [-0.3, -0.25) is 9.59 Å². The number of hydrogen-bond acceptors (Lipinski definition) is 2. The van der Waals surface area contributed by atoms with E-state index in [-0.39, 0.29) is 11.3 Å². The van der Waals surface area contributed by atoms with Crippen molar-refractivity contribution >= 4 is 11.9 Å². The van der Waals surface area contributed by atoms with Crippen molar-refractivity contribution in [2.24, 2.45) is 10.8 Å². The quantitative estimate of drug-likeness (QED) is 0.526. The summed E-state index contributed by atoms with van der Waals surface area (Å²) in [6.45, 7) is 6.97. The van der Waals surface area contributed by atoms with Crippen LogP contribution in [0.25, 0.3) is 0 Å². The molecule has 1 aliphatic rings. The molecule has 0 saturated heterocycles. The van der Waals surface area contributed by atoms with E-state index in [1.54, 1.807) is 0 Å². The Morgan fingerprint density at radius 2 is 1.89 bits per heavy atom. The highest BCUT2D eigenvalue weighted by Gasteiger charge is 2.51. The second-order valence-corrected chi connectivity index (χ2v) is 6.54. The predicted octanol–water partition coefficient (Wildman–Crippen LogP) is 2.96. The van der Waals surface area contributed by atoms with Gasteiger partial charge in [-0.2, -0.15) is 0 Å². The van der Waals surface area contributed by atoms with Crippen molar-refractivity contribution in [3.05, 3.63) is 0 Å². The number of aliphatic carboxylic acids is 1. The number of carbonyl (C=O) groups is 2. The Morgan fingerprint density at radius 3 is 2.32 bits per heavy atom. The minimum absolute atomic E-state index is 0.0360. The SMILES string of the molecule is CCCCCC(C)(C)CNC(=O)C1(C(=O)O)CCC1. The third kappa shape index (κ3) is 3.95. The molecule has 1 fully saturated rings. The Morgan fingerprint density at radius 1 is 1.26 bits per heavy atom. The van der Waals surface area contributed by atoms with Gasteiger partial charge in [0.05, 0.1) is 0 Å². The van der Waals surface area contributed by atoms with Crippen molar-refractivity contribution in [1.82, 2.24) is 5.32 Å². The van der Waals surface area contributed by atoms with Crippen LogP contribution in [-0.4, -0.2) is 23.5 Å². The molecule has 19 heavy (non-hydrogen) atoms. The molecule has 110 valence electrons. The van der Waals surface area contributed by atoms with Gasteiger partial charge in [0, 0.05) is 6.54 Å². The van der Waals surface area contributed by atoms with E-state index in [0.717, 1.165) is 19.3 Å².